The molecule has 166 valence electrons. The Kier molecular flexibility index (Phi) is 5.65. The molecule has 0 bridgehead atoms. The molecule has 1 aliphatic rings. The van der Waals surface area contributed by atoms with Crippen molar-refractivity contribution in [2.45, 2.75) is 19.8 Å². The molecule has 1 fully saturated rings. The van der Waals surface area contributed by atoms with Crippen molar-refractivity contribution in [2.24, 2.45) is 5.92 Å². The maximum Gasteiger partial charge on any atom is 0.257 e. The maximum absolute atomic E-state index is 13.5. The van der Waals surface area contributed by atoms with Gasteiger partial charge in [0.2, 0.25) is 0 Å². The minimum atomic E-state index is -0.0909. The fourth-order valence-corrected chi connectivity index (χ4v) is 4.34. The quantitative estimate of drug-likeness (QED) is 0.402. The lowest BCUT2D eigenvalue weighted by Gasteiger charge is -2.31. The number of Topliss-reactive ketones (excluding diaryl/α,β-unsaturated/α-hetero) is 1. The van der Waals surface area contributed by atoms with Crippen LogP contribution >= 0.6 is 0 Å². The predicted octanol–water partition coefficient (Wildman–Crippen LogP) is 5.18. The Morgan fingerprint density at radius 1 is 0.909 bits per heavy atom. The summed E-state index contributed by atoms with van der Waals surface area (Å²) in [5.41, 5.74) is 2.63. The molecule has 4 aromatic rings. The van der Waals surface area contributed by atoms with Crippen molar-refractivity contribution in [3.63, 3.8) is 0 Å². The first-order valence-electron chi connectivity index (χ1n) is 11.2. The molecule has 0 aliphatic carbocycles. The molecular formula is C27H25N3O3. The number of carbonyl (C=O) groups excluding carboxylic acids is 2. The summed E-state index contributed by atoms with van der Waals surface area (Å²) in [6, 6.07) is 22.8. The average Bonchev–Trinajstić information content (AvgIpc) is 3.51. The molecule has 0 saturated carbocycles. The van der Waals surface area contributed by atoms with Crippen molar-refractivity contribution in [3.8, 4) is 17.1 Å². The van der Waals surface area contributed by atoms with Crippen LogP contribution in [0.5, 0.6) is 0 Å². The molecule has 6 heteroatoms. The lowest BCUT2D eigenvalue weighted by molar-refractivity contribution is 0.0651. The minimum absolute atomic E-state index is 0.0596. The molecule has 1 saturated heterocycles. The summed E-state index contributed by atoms with van der Waals surface area (Å²) in [7, 11) is 0. The Hall–Kier alpha value is -3.93. The molecule has 1 amide bonds. The first-order chi connectivity index (χ1) is 16.1. The van der Waals surface area contributed by atoms with Crippen LogP contribution in [-0.4, -0.2) is 39.5 Å². The van der Waals surface area contributed by atoms with E-state index in [2.05, 4.69) is 5.10 Å². The van der Waals surface area contributed by atoms with E-state index in [1.54, 1.807) is 10.9 Å². The van der Waals surface area contributed by atoms with Gasteiger partial charge in [0, 0.05) is 30.8 Å². The summed E-state index contributed by atoms with van der Waals surface area (Å²) >= 11 is 0. The van der Waals surface area contributed by atoms with Crippen molar-refractivity contribution in [3.05, 3.63) is 95.9 Å². The third kappa shape index (κ3) is 4.24. The highest BCUT2D eigenvalue weighted by molar-refractivity contribution is 6.00. The van der Waals surface area contributed by atoms with Crippen LogP contribution in [0.2, 0.25) is 0 Å². The Bertz CT molecular complexity index is 1270. The number of aromatic nitrogens is 2. The zero-order chi connectivity index (χ0) is 22.8. The van der Waals surface area contributed by atoms with Crippen LogP contribution < -0.4 is 0 Å². The van der Waals surface area contributed by atoms with Crippen molar-refractivity contribution in [1.82, 2.24) is 14.7 Å². The second-order valence-corrected chi connectivity index (χ2v) is 8.38. The maximum atomic E-state index is 13.5. The van der Waals surface area contributed by atoms with E-state index in [-0.39, 0.29) is 17.6 Å². The number of rotatable bonds is 5. The lowest BCUT2D eigenvalue weighted by Crippen LogP contribution is -2.40. The lowest BCUT2D eigenvalue weighted by atomic mass is 9.88. The number of piperidine rings is 1. The highest BCUT2D eigenvalue weighted by atomic mass is 16.3. The molecule has 2 aromatic carbocycles. The van der Waals surface area contributed by atoms with Crippen molar-refractivity contribution in [1.29, 1.82) is 0 Å². The molecule has 0 atom stereocenters. The average molecular weight is 440 g/mol. The number of amides is 1. The SMILES string of the molecule is Cc1ccc(-c2nn(-c3ccccc3)cc2C(=O)N2CCC(C(=O)c3ccccc3)CC2)o1. The summed E-state index contributed by atoms with van der Waals surface area (Å²) in [6.45, 7) is 2.94. The van der Waals surface area contributed by atoms with E-state index >= 15 is 0 Å². The molecule has 0 N–H and O–H groups in total. The van der Waals surface area contributed by atoms with Gasteiger partial charge in [-0.05, 0) is 44.0 Å². The zero-order valence-electron chi connectivity index (χ0n) is 18.5. The number of benzene rings is 2. The highest BCUT2D eigenvalue weighted by Crippen LogP contribution is 2.29. The minimum Gasteiger partial charge on any atom is -0.460 e. The molecule has 0 unspecified atom stereocenters. The number of para-hydroxylation sites is 1. The van der Waals surface area contributed by atoms with Gasteiger partial charge < -0.3 is 9.32 Å². The van der Waals surface area contributed by atoms with Crippen LogP contribution in [0.15, 0.2) is 83.4 Å². The van der Waals surface area contributed by atoms with Crippen molar-refractivity contribution >= 4 is 11.7 Å². The Morgan fingerprint density at radius 2 is 1.58 bits per heavy atom. The number of nitrogens with zero attached hydrogens (tertiary/aromatic N) is 3. The van der Waals surface area contributed by atoms with Crippen LogP contribution in [0, 0.1) is 12.8 Å². The van der Waals surface area contributed by atoms with Gasteiger partial charge in [0.15, 0.2) is 11.5 Å². The van der Waals surface area contributed by atoms with E-state index < -0.39 is 0 Å². The van der Waals surface area contributed by atoms with Gasteiger partial charge in [0.25, 0.3) is 5.91 Å². The van der Waals surface area contributed by atoms with Gasteiger partial charge in [-0.2, -0.15) is 5.10 Å². The van der Waals surface area contributed by atoms with E-state index in [0.29, 0.717) is 42.9 Å². The fourth-order valence-electron chi connectivity index (χ4n) is 4.34. The number of ketones is 1. The van der Waals surface area contributed by atoms with E-state index in [4.69, 9.17) is 4.42 Å². The molecular weight excluding hydrogens is 414 g/mol. The van der Waals surface area contributed by atoms with Crippen LogP contribution in [0.3, 0.4) is 0 Å². The molecule has 3 heterocycles. The van der Waals surface area contributed by atoms with Gasteiger partial charge in [-0.3, -0.25) is 9.59 Å². The van der Waals surface area contributed by atoms with E-state index in [9.17, 15) is 9.59 Å². The van der Waals surface area contributed by atoms with E-state index in [0.717, 1.165) is 17.0 Å². The van der Waals surface area contributed by atoms with Gasteiger partial charge in [0.1, 0.15) is 11.5 Å². The second kappa shape index (κ2) is 8.90. The summed E-state index contributed by atoms with van der Waals surface area (Å²) in [4.78, 5) is 28.2. The molecule has 6 nitrogen and oxygen atoms in total. The van der Waals surface area contributed by atoms with E-state index in [1.807, 2.05) is 84.6 Å². The molecule has 1 aliphatic heterocycles. The monoisotopic (exact) mass is 439 g/mol. The first kappa shape index (κ1) is 20.9. The van der Waals surface area contributed by atoms with Gasteiger partial charge in [0.05, 0.1) is 11.3 Å². The summed E-state index contributed by atoms with van der Waals surface area (Å²) in [6.07, 6.45) is 3.08. The van der Waals surface area contributed by atoms with Crippen LogP contribution in [0.1, 0.15) is 39.3 Å². The number of hydrogen-bond acceptors (Lipinski definition) is 4. The topological polar surface area (TPSA) is 68.3 Å². The Labute approximate surface area is 192 Å². The van der Waals surface area contributed by atoms with Crippen LogP contribution in [-0.2, 0) is 0 Å². The molecule has 2 aromatic heterocycles. The van der Waals surface area contributed by atoms with Crippen LogP contribution in [0.25, 0.3) is 17.1 Å². The highest BCUT2D eigenvalue weighted by Gasteiger charge is 2.31. The normalized spacial score (nSPS) is 14.4. The molecule has 0 spiro atoms. The zero-order valence-corrected chi connectivity index (χ0v) is 18.5. The van der Waals surface area contributed by atoms with Crippen LogP contribution in [0.4, 0.5) is 0 Å². The van der Waals surface area contributed by atoms with Gasteiger partial charge >= 0.3 is 0 Å². The molecule has 5 rings (SSSR count). The van der Waals surface area contributed by atoms with Crippen molar-refractivity contribution in [2.75, 3.05) is 13.1 Å². The largest absolute Gasteiger partial charge is 0.460 e. The number of hydrogen-bond donors (Lipinski definition) is 0. The van der Waals surface area contributed by atoms with Crippen molar-refractivity contribution < 1.29 is 14.0 Å². The van der Waals surface area contributed by atoms with Gasteiger partial charge in [-0.25, -0.2) is 4.68 Å². The van der Waals surface area contributed by atoms with Gasteiger partial charge in [-0.1, -0.05) is 48.5 Å². The van der Waals surface area contributed by atoms with Gasteiger partial charge in [-0.15, -0.1) is 0 Å². The summed E-state index contributed by atoms with van der Waals surface area (Å²) < 4.78 is 7.52. The summed E-state index contributed by atoms with van der Waals surface area (Å²) in [5, 5.41) is 4.68. The molecule has 33 heavy (non-hydrogen) atoms. The number of furan rings is 1. The predicted molar refractivity (Wildman–Crippen MR) is 125 cm³/mol. The number of carbonyl (C=O) groups is 2. The number of likely N-dealkylation sites (tertiary alicyclic amines) is 1. The first-order valence-corrected chi connectivity index (χ1v) is 11.2. The fraction of sp³-hybridized carbons (Fsp3) is 0.222. The third-order valence-electron chi connectivity index (χ3n) is 6.15. The number of aryl methyl sites for hydroxylation is 1. The Balaban J connectivity index is 1.38. The standard InChI is InChI=1S/C27H25N3O3/c1-19-12-13-24(33-19)25-23(18-30(28-25)22-10-6-3-7-11-22)27(32)29-16-14-21(15-17-29)26(31)20-8-4-2-5-9-20/h2-13,18,21H,14-17H2,1H3. The smallest absolute Gasteiger partial charge is 0.257 e. The third-order valence-corrected chi connectivity index (χ3v) is 6.15. The summed E-state index contributed by atoms with van der Waals surface area (Å²) in [5.74, 6) is 1.34. The molecule has 0 radical (unpaired) electrons. The van der Waals surface area contributed by atoms with E-state index in [1.165, 1.54) is 0 Å². The second-order valence-electron chi connectivity index (χ2n) is 8.38. The Morgan fingerprint density at radius 3 is 2.21 bits per heavy atom.